The van der Waals surface area contributed by atoms with Gasteiger partial charge < -0.3 is 15.5 Å². The minimum Gasteiger partial charge on any atom is -0.351 e. The van der Waals surface area contributed by atoms with Crippen LogP contribution in [0.3, 0.4) is 0 Å². The summed E-state index contributed by atoms with van der Waals surface area (Å²) in [7, 11) is 2.15. The molecule has 0 saturated carbocycles. The second kappa shape index (κ2) is 9.91. The van der Waals surface area contributed by atoms with Crippen LogP contribution in [0.15, 0.2) is 47.7 Å². The number of aromatic nitrogens is 5. The molecule has 4 aromatic rings. The lowest BCUT2D eigenvalue weighted by Crippen LogP contribution is -2.45. The molecule has 5 rings (SSSR count). The number of fused-ring (bicyclic) bond motifs is 1. The van der Waals surface area contributed by atoms with Crippen LogP contribution in [0.1, 0.15) is 17.3 Å². The number of likely N-dealkylation sites (N-methyl/N-ethyl adjacent to an activating group) is 1. The van der Waals surface area contributed by atoms with Crippen LogP contribution in [-0.2, 0) is 6.42 Å². The molecule has 5 heterocycles. The summed E-state index contributed by atoms with van der Waals surface area (Å²) in [5.74, 6) is 1.94. The number of piperazine rings is 1. The molecule has 4 aromatic heterocycles. The highest BCUT2D eigenvalue weighted by Gasteiger charge is 2.20. The molecule has 0 spiro atoms. The molecule has 0 amide bonds. The second-order valence-corrected chi connectivity index (χ2v) is 8.71. The molecule has 1 unspecified atom stereocenters. The van der Waals surface area contributed by atoms with Crippen molar-refractivity contribution in [2.45, 2.75) is 12.3 Å². The summed E-state index contributed by atoms with van der Waals surface area (Å²) in [5, 5.41) is 4.23. The molecular weight excluding hydrogens is 444 g/mol. The van der Waals surface area contributed by atoms with Gasteiger partial charge in [0.15, 0.2) is 11.5 Å². The predicted octanol–water partition coefficient (Wildman–Crippen LogP) is 2.71. The monoisotopic (exact) mass is 470 g/mol. The number of nitrogens with zero attached hydrogens (tertiary/aromatic N) is 7. The Bertz CT molecular complexity index is 1150. The third kappa shape index (κ3) is 4.47. The van der Waals surface area contributed by atoms with Gasteiger partial charge in [0.25, 0.3) is 0 Å². The number of hydrogen-bond acceptors (Lipinski definition) is 8. The van der Waals surface area contributed by atoms with Crippen LogP contribution in [0.2, 0.25) is 0 Å². The van der Waals surface area contributed by atoms with E-state index in [4.69, 9.17) is 15.7 Å². The Morgan fingerprint density at radius 1 is 1.09 bits per heavy atom. The van der Waals surface area contributed by atoms with Crippen LogP contribution < -0.4 is 10.6 Å². The van der Waals surface area contributed by atoms with Crippen molar-refractivity contribution >= 4 is 35.2 Å². The lowest BCUT2D eigenvalue weighted by molar-refractivity contribution is 0.312. The highest BCUT2D eigenvalue weighted by molar-refractivity contribution is 7.08. The van der Waals surface area contributed by atoms with Crippen LogP contribution >= 0.6 is 23.7 Å². The standard InChI is InChI=1S/C22H26N8S.ClH/c1-28-7-9-29(10-8-28)21-22-26-14-19(30(22)6-5-25-21)18-2-4-24-20(27-18)12-17(13-23)16-3-11-31-15-16;/h2-6,11,14-15,17H,7-10,12-13,23H2,1H3;1H. The number of nitrogens with two attached hydrogens (primary N) is 1. The first-order valence-electron chi connectivity index (χ1n) is 10.5. The van der Waals surface area contributed by atoms with Gasteiger partial charge in [-0.25, -0.2) is 19.9 Å². The van der Waals surface area contributed by atoms with Gasteiger partial charge in [-0.2, -0.15) is 11.3 Å². The maximum absolute atomic E-state index is 6.04. The fourth-order valence-corrected chi connectivity index (χ4v) is 4.78. The zero-order valence-electron chi connectivity index (χ0n) is 18.0. The topological polar surface area (TPSA) is 88.5 Å². The normalized spacial score (nSPS) is 15.6. The smallest absolute Gasteiger partial charge is 0.180 e. The molecule has 0 aromatic carbocycles. The summed E-state index contributed by atoms with van der Waals surface area (Å²) >= 11 is 1.69. The van der Waals surface area contributed by atoms with Crippen molar-refractivity contribution in [1.82, 2.24) is 29.2 Å². The SMILES string of the molecule is CN1CCN(c2nccn3c(-c4ccnc(CC(CN)c5ccsc5)n4)cnc23)CC1.Cl. The summed E-state index contributed by atoms with van der Waals surface area (Å²) in [6, 6.07) is 4.06. The zero-order chi connectivity index (χ0) is 21.2. The molecule has 1 atom stereocenters. The number of anilines is 1. The van der Waals surface area contributed by atoms with E-state index in [0.717, 1.165) is 54.9 Å². The molecule has 8 nitrogen and oxygen atoms in total. The van der Waals surface area contributed by atoms with Gasteiger partial charge in [0, 0.05) is 57.1 Å². The fourth-order valence-electron chi connectivity index (χ4n) is 4.04. The summed E-state index contributed by atoms with van der Waals surface area (Å²) < 4.78 is 2.08. The number of halogens is 1. The Kier molecular flexibility index (Phi) is 7.00. The molecule has 0 bridgehead atoms. The van der Waals surface area contributed by atoms with Crippen molar-refractivity contribution in [2.24, 2.45) is 5.73 Å². The van der Waals surface area contributed by atoms with Crippen LogP contribution in [0.4, 0.5) is 5.82 Å². The average Bonchev–Trinajstić information content (AvgIpc) is 3.48. The Labute approximate surface area is 197 Å². The highest BCUT2D eigenvalue weighted by Crippen LogP contribution is 2.26. The van der Waals surface area contributed by atoms with Crippen molar-refractivity contribution in [3.63, 3.8) is 0 Å². The average molecular weight is 471 g/mol. The van der Waals surface area contributed by atoms with E-state index in [9.17, 15) is 0 Å². The van der Waals surface area contributed by atoms with Crippen LogP contribution in [-0.4, -0.2) is 69.0 Å². The van der Waals surface area contributed by atoms with E-state index >= 15 is 0 Å². The molecule has 0 radical (unpaired) electrons. The van der Waals surface area contributed by atoms with E-state index in [1.54, 1.807) is 11.3 Å². The molecule has 10 heteroatoms. The van der Waals surface area contributed by atoms with Crippen LogP contribution in [0.5, 0.6) is 0 Å². The number of imidazole rings is 1. The van der Waals surface area contributed by atoms with Crippen molar-refractivity contribution in [2.75, 3.05) is 44.7 Å². The molecule has 1 aliphatic rings. The Balaban J connectivity index is 0.00000245. The molecule has 0 aliphatic carbocycles. The van der Waals surface area contributed by atoms with Crippen molar-refractivity contribution < 1.29 is 0 Å². The molecule has 1 saturated heterocycles. The van der Waals surface area contributed by atoms with Gasteiger partial charge in [0.1, 0.15) is 5.82 Å². The second-order valence-electron chi connectivity index (χ2n) is 7.93. The summed E-state index contributed by atoms with van der Waals surface area (Å²) in [5.41, 5.74) is 9.94. The number of thiophene rings is 1. The minimum absolute atomic E-state index is 0. The van der Waals surface area contributed by atoms with Gasteiger partial charge >= 0.3 is 0 Å². The maximum atomic E-state index is 6.04. The number of rotatable bonds is 6. The minimum atomic E-state index is 0. The Morgan fingerprint density at radius 2 is 1.94 bits per heavy atom. The number of hydrogen-bond donors (Lipinski definition) is 1. The van der Waals surface area contributed by atoms with Crippen molar-refractivity contribution in [3.05, 3.63) is 59.1 Å². The highest BCUT2D eigenvalue weighted by atomic mass is 35.5. The lowest BCUT2D eigenvalue weighted by atomic mass is 9.98. The van der Waals surface area contributed by atoms with Gasteiger partial charge in [0.2, 0.25) is 0 Å². The van der Waals surface area contributed by atoms with E-state index in [1.165, 1.54) is 5.56 Å². The molecule has 1 aliphatic heterocycles. The van der Waals surface area contributed by atoms with E-state index in [2.05, 4.69) is 48.0 Å². The van der Waals surface area contributed by atoms with Crippen LogP contribution in [0.25, 0.3) is 17.0 Å². The summed E-state index contributed by atoms with van der Waals surface area (Å²) in [6.45, 7) is 4.52. The van der Waals surface area contributed by atoms with Crippen molar-refractivity contribution in [3.8, 4) is 11.4 Å². The summed E-state index contributed by atoms with van der Waals surface area (Å²) in [6.07, 6.45) is 8.21. The molecular formula is C22H27ClN8S. The van der Waals surface area contributed by atoms with Gasteiger partial charge in [-0.1, -0.05) is 0 Å². The maximum Gasteiger partial charge on any atom is 0.180 e. The fraction of sp³-hybridized carbons (Fsp3) is 0.364. The van der Waals surface area contributed by atoms with Gasteiger partial charge in [-0.15, -0.1) is 12.4 Å². The third-order valence-corrected chi connectivity index (χ3v) is 6.61. The molecule has 32 heavy (non-hydrogen) atoms. The zero-order valence-corrected chi connectivity index (χ0v) is 19.6. The van der Waals surface area contributed by atoms with Gasteiger partial charge in [-0.05, 0) is 42.0 Å². The van der Waals surface area contributed by atoms with Gasteiger partial charge in [0.05, 0.1) is 17.6 Å². The molecule has 1 fully saturated rings. The largest absolute Gasteiger partial charge is 0.351 e. The van der Waals surface area contributed by atoms with Gasteiger partial charge in [-0.3, -0.25) is 4.40 Å². The van der Waals surface area contributed by atoms with E-state index in [-0.39, 0.29) is 18.3 Å². The van der Waals surface area contributed by atoms with E-state index in [0.29, 0.717) is 13.0 Å². The Morgan fingerprint density at radius 3 is 2.69 bits per heavy atom. The first-order chi connectivity index (χ1) is 15.2. The predicted molar refractivity (Wildman–Crippen MR) is 131 cm³/mol. The first kappa shape index (κ1) is 22.6. The molecule has 2 N–H and O–H groups in total. The van der Waals surface area contributed by atoms with Crippen LogP contribution in [0, 0.1) is 0 Å². The summed E-state index contributed by atoms with van der Waals surface area (Å²) in [4.78, 5) is 23.3. The van der Waals surface area contributed by atoms with Crippen molar-refractivity contribution in [1.29, 1.82) is 0 Å². The quantitative estimate of drug-likeness (QED) is 0.463. The Hall–Kier alpha value is -2.59. The van der Waals surface area contributed by atoms with E-state index < -0.39 is 0 Å². The van der Waals surface area contributed by atoms with E-state index in [1.807, 2.05) is 30.9 Å². The third-order valence-electron chi connectivity index (χ3n) is 5.91. The first-order valence-corrected chi connectivity index (χ1v) is 11.5. The molecule has 168 valence electrons. The lowest BCUT2D eigenvalue weighted by Gasteiger charge is -2.33.